The first-order chi connectivity index (χ1) is 6.09. The topological polar surface area (TPSA) is 115 Å². The minimum atomic E-state index is -1.06. The molecule has 0 unspecified atom stereocenters. The number of aliphatic carboxylic acids is 1. The van der Waals surface area contributed by atoms with Crippen LogP contribution in [0.25, 0.3) is 0 Å². The third-order valence-electron chi connectivity index (χ3n) is 1.48. The molecule has 0 aliphatic carbocycles. The molecule has 5 N–H and O–H groups in total. The molecule has 0 aliphatic rings. The van der Waals surface area contributed by atoms with Crippen molar-refractivity contribution in [3.05, 3.63) is 18.0 Å². The van der Waals surface area contributed by atoms with Crippen LogP contribution in [-0.2, 0) is 11.2 Å². The number of rotatable bonds is 3. The summed E-state index contributed by atoms with van der Waals surface area (Å²) in [5.41, 5.74) is 11.1. The molecule has 1 rings (SSSR count). The van der Waals surface area contributed by atoms with E-state index in [4.69, 9.17) is 16.6 Å². The summed E-state index contributed by atoms with van der Waals surface area (Å²) in [6.07, 6.45) is 1.62. The lowest BCUT2D eigenvalue weighted by molar-refractivity contribution is -0.138. The summed E-state index contributed by atoms with van der Waals surface area (Å²) >= 11 is 0. The maximum atomic E-state index is 10.4. The fourth-order valence-electron chi connectivity index (χ4n) is 0.839. The molecule has 0 fully saturated rings. The highest BCUT2D eigenvalue weighted by Crippen LogP contribution is 1.99. The highest BCUT2D eigenvalue weighted by molar-refractivity contribution is 5.73. The van der Waals surface area contributed by atoms with Crippen molar-refractivity contribution in [1.29, 1.82) is 0 Å². The zero-order valence-electron chi connectivity index (χ0n) is 6.84. The van der Waals surface area contributed by atoms with Gasteiger partial charge in [-0.3, -0.25) is 4.79 Å². The number of carbonyl (C=O) groups is 1. The molecule has 6 nitrogen and oxygen atoms in total. The van der Waals surface area contributed by atoms with Gasteiger partial charge in [-0.05, 0) is 6.07 Å². The van der Waals surface area contributed by atoms with Crippen molar-refractivity contribution in [3.8, 4) is 0 Å². The highest BCUT2D eigenvalue weighted by atomic mass is 16.4. The van der Waals surface area contributed by atoms with Gasteiger partial charge in [-0.15, -0.1) is 0 Å². The Kier molecular flexibility index (Phi) is 2.76. The smallest absolute Gasteiger partial charge is 0.320 e. The molecule has 0 saturated carbocycles. The van der Waals surface area contributed by atoms with Crippen molar-refractivity contribution in [3.63, 3.8) is 0 Å². The Morgan fingerprint density at radius 1 is 1.69 bits per heavy atom. The van der Waals surface area contributed by atoms with E-state index in [-0.39, 0.29) is 12.4 Å². The van der Waals surface area contributed by atoms with Crippen LogP contribution in [0, 0.1) is 0 Å². The van der Waals surface area contributed by atoms with E-state index in [2.05, 4.69) is 9.97 Å². The number of hydrogen-bond donors (Lipinski definition) is 3. The standard InChI is InChI=1S/C7H10N4O2/c8-5(6(12)13)3-4-1-2-10-7(9)11-4/h1-2,5H,3,8H2,(H,12,13)(H2,9,10,11)/t5-/m0/s1. The number of anilines is 1. The summed E-state index contributed by atoms with van der Waals surface area (Å²) < 4.78 is 0. The van der Waals surface area contributed by atoms with Crippen LogP contribution >= 0.6 is 0 Å². The van der Waals surface area contributed by atoms with Crippen LogP contribution in [0.1, 0.15) is 5.69 Å². The molecule has 0 aromatic carbocycles. The summed E-state index contributed by atoms with van der Waals surface area (Å²) in [5, 5.41) is 8.51. The van der Waals surface area contributed by atoms with Crippen molar-refractivity contribution < 1.29 is 9.90 Å². The van der Waals surface area contributed by atoms with E-state index < -0.39 is 12.0 Å². The molecule has 1 aromatic rings. The van der Waals surface area contributed by atoms with Crippen LogP contribution in [0.15, 0.2) is 12.3 Å². The van der Waals surface area contributed by atoms with Gasteiger partial charge in [0.25, 0.3) is 0 Å². The van der Waals surface area contributed by atoms with Gasteiger partial charge in [0, 0.05) is 18.3 Å². The minimum Gasteiger partial charge on any atom is -0.480 e. The summed E-state index contributed by atoms with van der Waals surface area (Å²) in [4.78, 5) is 17.9. The number of nitrogens with zero attached hydrogens (tertiary/aromatic N) is 2. The van der Waals surface area contributed by atoms with Gasteiger partial charge in [-0.25, -0.2) is 9.97 Å². The molecule has 1 heterocycles. The molecule has 0 spiro atoms. The minimum absolute atomic E-state index is 0.120. The zero-order chi connectivity index (χ0) is 9.84. The number of nitrogens with two attached hydrogens (primary N) is 2. The van der Waals surface area contributed by atoms with Gasteiger partial charge in [0.05, 0.1) is 0 Å². The van der Waals surface area contributed by atoms with Gasteiger partial charge in [-0.1, -0.05) is 0 Å². The molecule has 0 amide bonds. The molecule has 1 aromatic heterocycles. The number of carboxylic acids is 1. The molecule has 0 aliphatic heterocycles. The SMILES string of the molecule is Nc1nccc(C[C@H](N)C(=O)O)n1. The molecule has 13 heavy (non-hydrogen) atoms. The molecule has 0 radical (unpaired) electrons. The number of nitrogen functional groups attached to an aromatic ring is 1. The first-order valence-electron chi connectivity index (χ1n) is 3.65. The van der Waals surface area contributed by atoms with Gasteiger partial charge in [0.2, 0.25) is 5.95 Å². The molecule has 70 valence electrons. The van der Waals surface area contributed by atoms with Gasteiger partial charge in [0.15, 0.2) is 0 Å². The predicted octanol–water partition coefficient (Wildman–Crippen LogP) is -0.987. The van der Waals surface area contributed by atoms with E-state index in [1.165, 1.54) is 6.20 Å². The van der Waals surface area contributed by atoms with E-state index in [0.29, 0.717) is 5.69 Å². The van der Waals surface area contributed by atoms with Crippen LogP contribution in [0.5, 0.6) is 0 Å². The van der Waals surface area contributed by atoms with Gasteiger partial charge in [-0.2, -0.15) is 0 Å². The number of hydrogen-bond acceptors (Lipinski definition) is 5. The van der Waals surface area contributed by atoms with Crippen LogP contribution in [0.3, 0.4) is 0 Å². The number of aromatic nitrogens is 2. The second-order valence-corrected chi connectivity index (χ2v) is 2.56. The molecular weight excluding hydrogens is 172 g/mol. The normalized spacial score (nSPS) is 12.4. The Morgan fingerprint density at radius 2 is 2.38 bits per heavy atom. The monoisotopic (exact) mass is 182 g/mol. The maximum absolute atomic E-state index is 10.4. The molecule has 0 bridgehead atoms. The van der Waals surface area contributed by atoms with Crippen molar-refractivity contribution in [1.82, 2.24) is 9.97 Å². The van der Waals surface area contributed by atoms with E-state index in [0.717, 1.165) is 0 Å². The first kappa shape index (κ1) is 9.40. The Bertz CT molecular complexity index is 315. The van der Waals surface area contributed by atoms with Gasteiger partial charge in [0.1, 0.15) is 6.04 Å². The molecule has 1 atom stereocenters. The largest absolute Gasteiger partial charge is 0.480 e. The third kappa shape index (κ3) is 2.68. The Morgan fingerprint density at radius 3 is 2.92 bits per heavy atom. The fourth-order valence-corrected chi connectivity index (χ4v) is 0.839. The number of carboxylic acid groups (broad SMARTS) is 1. The lowest BCUT2D eigenvalue weighted by atomic mass is 10.2. The summed E-state index contributed by atoms with van der Waals surface area (Å²) in [6.45, 7) is 0. The maximum Gasteiger partial charge on any atom is 0.320 e. The Hall–Kier alpha value is -1.69. The Balaban J connectivity index is 2.69. The highest BCUT2D eigenvalue weighted by Gasteiger charge is 2.12. The van der Waals surface area contributed by atoms with Crippen LogP contribution in [0.4, 0.5) is 5.95 Å². The van der Waals surface area contributed by atoms with Crippen molar-refractivity contribution in [2.75, 3.05) is 5.73 Å². The summed E-state index contributed by atoms with van der Waals surface area (Å²) in [6, 6.07) is 0.633. The van der Waals surface area contributed by atoms with Gasteiger partial charge < -0.3 is 16.6 Å². The van der Waals surface area contributed by atoms with E-state index in [9.17, 15) is 4.79 Å². The first-order valence-corrected chi connectivity index (χ1v) is 3.65. The van der Waals surface area contributed by atoms with Gasteiger partial charge >= 0.3 is 5.97 Å². The fraction of sp³-hybridized carbons (Fsp3) is 0.286. The lowest BCUT2D eigenvalue weighted by Crippen LogP contribution is -2.32. The van der Waals surface area contributed by atoms with Crippen LogP contribution in [-0.4, -0.2) is 27.1 Å². The van der Waals surface area contributed by atoms with Crippen LogP contribution in [0.2, 0.25) is 0 Å². The molecule has 6 heteroatoms. The molecular formula is C7H10N4O2. The zero-order valence-corrected chi connectivity index (χ0v) is 6.84. The molecule has 0 saturated heterocycles. The van der Waals surface area contributed by atoms with E-state index in [1.54, 1.807) is 6.07 Å². The lowest BCUT2D eigenvalue weighted by Gasteiger charge is -2.04. The summed E-state index contributed by atoms with van der Waals surface area (Å²) in [5.74, 6) is -0.938. The second kappa shape index (κ2) is 3.81. The average Bonchev–Trinajstić information content (AvgIpc) is 2.04. The second-order valence-electron chi connectivity index (χ2n) is 2.56. The van der Waals surface area contributed by atoms with E-state index in [1.807, 2.05) is 0 Å². The average molecular weight is 182 g/mol. The van der Waals surface area contributed by atoms with Crippen molar-refractivity contribution in [2.45, 2.75) is 12.5 Å². The van der Waals surface area contributed by atoms with Crippen LogP contribution < -0.4 is 11.5 Å². The third-order valence-corrected chi connectivity index (χ3v) is 1.48. The van der Waals surface area contributed by atoms with Crippen molar-refractivity contribution >= 4 is 11.9 Å². The predicted molar refractivity (Wildman–Crippen MR) is 45.8 cm³/mol. The van der Waals surface area contributed by atoms with Crippen molar-refractivity contribution in [2.24, 2.45) is 5.73 Å². The Labute approximate surface area is 74.6 Å². The summed E-state index contributed by atoms with van der Waals surface area (Å²) in [7, 11) is 0. The quantitative estimate of drug-likeness (QED) is 0.553. The van der Waals surface area contributed by atoms with E-state index >= 15 is 0 Å².